The fourth-order valence-corrected chi connectivity index (χ4v) is 5.95. The molecule has 0 bridgehead atoms. The number of likely N-dealkylation sites (tertiary alicyclic amines) is 1. The highest BCUT2D eigenvalue weighted by atomic mass is 16.5. The predicted octanol–water partition coefficient (Wildman–Crippen LogP) is 0.334. The summed E-state index contributed by atoms with van der Waals surface area (Å²) >= 11 is 0. The highest BCUT2D eigenvalue weighted by molar-refractivity contribution is 5.77. The highest BCUT2D eigenvalue weighted by Gasteiger charge is 2.34. The third kappa shape index (κ3) is 5.35. The number of rotatable bonds is 6. The molecule has 4 rings (SSSR count). The Hall–Kier alpha value is -1.79. The topological polar surface area (TPSA) is 47.7 Å². The third-order valence-electron chi connectivity index (χ3n) is 7.99. The van der Waals surface area contributed by atoms with Gasteiger partial charge in [-0.05, 0) is 49.3 Å². The zero-order valence-corrected chi connectivity index (χ0v) is 19.7. The van der Waals surface area contributed by atoms with E-state index in [1.165, 1.54) is 48.1 Å². The smallest absolute Gasteiger partial charge is 0.277 e. The van der Waals surface area contributed by atoms with Crippen molar-refractivity contribution in [2.75, 3.05) is 60.0 Å². The van der Waals surface area contributed by atoms with Crippen LogP contribution in [0.4, 0.5) is 0 Å². The van der Waals surface area contributed by atoms with E-state index in [1.54, 1.807) is 19.1 Å². The lowest BCUT2D eigenvalue weighted by molar-refractivity contribution is -1.02. The minimum Gasteiger partial charge on any atom is -0.493 e. The van der Waals surface area contributed by atoms with Gasteiger partial charge >= 0.3 is 0 Å². The number of nitrogens with zero attached hydrogens (tertiary/aromatic N) is 1. The number of amides is 1. The van der Waals surface area contributed by atoms with Gasteiger partial charge in [0.05, 0.1) is 14.2 Å². The lowest BCUT2D eigenvalue weighted by Gasteiger charge is -2.41. The molecule has 0 spiro atoms. The van der Waals surface area contributed by atoms with E-state index in [0.29, 0.717) is 12.5 Å². The quantitative estimate of drug-likeness (QED) is 0.683. The first kappa shape index (κ1) is 22.4. The summed E-state index contributed by atoms with van der Waals surface area (Å²) in [5.41, 5.74) is 2.57. The minimum absolute atomic E-state index is 0.387. The molecular formula is C25H41N3O3+2. The van der Waals surface area contributed by atoms with Crippen LogP contribution in [0.5, 0.6) is 11.5 Å². The summed E-state index contributed by atoms with van der Waals surface area (Å²) in [7, 11) is 3.38. The summed E-state index contributed by atoms with van der Waals surface area (Å²) in [5.74, 6) is 3.64. The largest absolute Gasteiger partial charge is 0.493 e. The second-order valence-corrected chi connectivity index (χ2v) is 9.92. The monoisotopic (exact) mass is 431 g/mol. The maximum Gasteiger partial charge on any atom is 0.277 e. The van der Waals surface area contributed by atoms with Crippen LogP contribution in [0.2, 0.25) is 0 Å². The Morgan fingerprint density at radius 1 is 0.968 bits per heavy atom. The van der Waals surface area contributed by atoms with Crippen LogP contribution in [-0.4, -0.2) is 70.8 Å². The van der Waals surface area contributed by atoms with Gasteiger partial charge in [-0.3, -0.25) is 4.79 Å². The molecule has 3 fully saturated rings. The molecule has 172 valence electrons. The van der Waals surface area contributed by atoms with Gasteiger partial charge in [-0.25, -0.2) is 0 Å². The number of hydrogen-bond acceptors (Lipinski definition) is 3. The highest BCUT2D eigenvalue weighted by Crippen LogP contribution is 2.36. The second-order valence-electron chi connectivity index (χ2n) is 9.92. The van der Waals surface area contributed by atoms with Gasteiger partial charge in [0.15, 0.2) is 18.0 Å². The number of ether oxygens (including phenoxy) is 2. The molecule has 1 amide bonds. The summed E-state index contributed by atoms with van der Waals surface area (Å²) in [6.07, 6.45) is 6.71. The number of piperazine rings is 1. The van der Waals surface area contributed by atoms with Crippen molar-refractivity contribution in [1.82, 2.24) is 4.90 Å². The molecule has 1 aromatic carbocycles. The zero-order valence-electron chi connectivity index (χ0n) is 19.7. The molecule has 0 radical (unpaired) electrons. The van der Waals surface area contributed by atoms with Gasteiger partial charge < -0.3 is 24.2 Å². The third-order valence-corrected chi connectivity index (χ3v) is 7.99. The first-order valence-electron chi connectivity index (χ1n) is 12.2. The fourth-order valence-electron chi connectivity index (χ4n) is 5.95. The fraction of sp³-hybridized carbons (Fsp3) is 0.720. The lowest BCUT2D eigenvalue weighted by Crippen LogP contribution is -3.28. The van der Waals surface area contributed by atoms with Crippen LogP contribution in [0.15, 0.2) is 12.1 Å². The molecule has 3 aliphatic rings. The van der Waals surface area contributed by atoms with Crippen molar-refractivity contribution < 1.29 is 24.1 Å². The van der Waals surface area contributed by atoms with Crippen LogP contribution in [0.25, 0.3) is 0 Å². The Kier molecular flexibility index (Phi) is 7.39. The molecule has 0 unspecified atom stereocenters. The van der Waals surface area contributed by atoms with Gasteiger partial charge in [-0.2, -0.15) is 0 Å². The molecule has 1 aromatic rings. The van der Waals surface area contributed by atoms with Gasteiger partial charge in [0.1, 0.15) is 32.7 Å². The molecule has 31 heavy (non-hydrogen) atoms. The van der Waals surface area contributed by atoms with Crippen molar-refractivity contribution in [2.45, 2.75) is 45.6 Å². The van der Waals surface area contributed by atoms with Crippen molar-refractivity contribution in [3.63, 3.8) is 0 Å². The Morgan fingerprint density at radius 2 is 1.61 bits per heavy atom. The molecule has 2 atom stereocenters. The number of carbonyl (C=O) groups is 1. The Morgan fingerprint density at radius 3 is 2.32 bits per heavy atom. The number of benzene rings is 1. The van der Waals surface area contributed by atoms with Gasteiger partial charge in [0, 0.05) is 18.7 Å². The number of quaternary nitrogens is 2. The number of hydrogen-bond donors (Lipinski definition) is 2. The molecule has 1 aliphatic carbocycles. The molecular weight excluding hydrogens is 390 g/mol. The molecule has 2 N–H and O–H groups in total. The number of piperidine rings is 1. The van der Waals surface area contributed by atoms with Crippen LogP contribution in [0.3, 0.4) is 0 Å². The maximum absolute atomic E-state index is 13.0. The van der Waals surface area contributed by atoms with Crippen molar-refractivity contribution in [3.8, 4) is 11.5 Å². The standard InChI is InChI=1S/C25H39N3O3/c1-19-14-23(30-2)24(31-3)15-22(19)16-26-10-12-27(13-11-26)18-25(29)28-9-8-20-6-4-5-7-21(20)17-28/h14-15,20-21H,4-13,16-18H2,1-3H3/p+2/t20-,21+/m1/s1. The first-order chi connectivity index (χ1) is 15.1. The van der Waals surface area contributed by atoms with E-state index in [1.807, 2.05) is 0 Å². The van der Waals surface area contributed by atoms with Gasteiger partial charge in [-0.15, -0.1) is 0 Å². The normalized spacial score (nSPS) is 28.7. The summed E-state index contributed by atoms with van der Waals surface area (Å²) in [5, 5.41) is 0. The maximum atomic E-state index is 13.0. The van der Waals surface area contributed by atoms with E-state index < -0.39 is 0 Å². The second kappa shape index (κ2) is 10.2. The SMILES string of the molecule is COc1cc(C)c(C[NH+]2CC[NH+](CC(=O)N3CC[C@H]4CCCC[C@H]4C3)CC2)cc1OC. The molecule has 2 aliphatic heterocycles. The summed E-state index contributed by atoms with van der Waals surface area (Å²) in [6, 6.07) is 4.20. The van der Waals surface area contributed by atoms with Crippen LogP contribution in [0, 0.1) is 18.8 Å². The van der Waals surface area contributed by atoms with E-state index in [0.717, 1.165) is 69.1 Å². The number of aryl methyl sites for hydroxylation is 1. The molecule has 1 saturated carbocycles. The van der Waals surface area contributed by atoms with Crippen molar-refractivity contribution in [3.05, 3.63) is 23.3 Å². The first-order valence-corrected chi connectivity index (χ1v) is 12.2. The summed E-state index contributed by atoms with van der Waals surface area (Å²) < 4.78 is 10.9. The molecule has 0 aromatic heterocycles. The molecule has 2 saturated heterocycles. The van der Waals surface area contributed by atoms with Crippen molar-refractivity contribution >= 4 is 5.91 Å². The number of nitrogens with one attached hydrogen (secondary N) is 2. The van der Waals surface area contributed by atoms with Gasteiger partial charge in [-0.1, -0.05) is 19.3 Å². The number of methoxy groups -OCH3 is 2. The van der Waals surface area contributed by atoms with E-state index in [-0.39, 0.29) is 0 Å². The van der Waals surface area contributed by atoms with Crippen molar-refractivity contribution in [1.29, 1.82) is 0 Å². The average molecular weight is 432 g/mol. The van der Waals surface area contributed by atoms with E-state index in [4.69, 9.17) is 9.47 Å². The van der Waals surface area contributed by atoms with Crippen LogP contribution in [-0.2, 0) is 11.3 Å². The Labute approximate surface area is 187 Å². The minimum atomic E-state index is 0.387. The van der Waals surface area contributed by atoms with E-state index in [2.05, 4.69) is 24.0 Å². The van der Waals surface area contributed by atoms with E-state index >= 15 is 0 Å². The zero-order chi connectivity index (χ0) is 21.8. The summed E-state index contributed by atoms with van der Waals surface area (Å²) in [6.45, 7) is 10.2. The lowest BCUT2D eigenvalue weighted by atomic mass is 9.75. The van der Waals surface area contributed by atoms with Crippen LogP contribution < -0.4 is 19.3 Å². The van der Waals surface area contributed by atoms with Gasteiger partial charge in [0.2, 0.25) is 0 Å². The molecule has 6 heteroatoms. The van der Waals surface area contributed by atoms with Gasteiger partial charge in [0.25, 0.3) is 5.91 Å². The van der Waals surface area contributed by atoms with E-state index in [9.17, 15) is 4.79 Å². The number of carbonyl (C=O) groups excluding carboxylic acids is 1. The molecule has 6 nitrogen and oxygen atoms in total. The average Bonchev–Trinajstić information content (AvgIpc) is 2.80. The van der Waals surface area contributed by atoms with Crippen molar-refractivity contribution in [2.24, 2.45) is 11.8 Å². The summed E-state index contributed by atoms with van der Waals surface area (Å²) in [4.78, 5) is 18.2. The Bertz CT molecular complexity index is 761. The Balaban J connectivity index is 1.25. The van der Waals surface area contributed by atoms with Crippen LogP contribution in [0.1, 0.15) is 43.2 Å². The predicted molar refractivity (Wildman–Crippen MR) is 121 cm³/mol. The molecule has 2 heterocycles. The number of fused-ring (bicyclic) bond motifs is 1. The van der Waals surface area contributed by atoms with Crippen LogP contribution >= 0.6 is 0 Å².